The molecule has 1 atom stereocenters. The van der Waals surface area contributed by atoms with Crippen LogP contribution in [0, 0.1) is 5.82 Å². The van der Waals surface area contributed by atoms with Gasteiger partial charge in [-0.05, 0) is 6.07 Å². The first kappa shape index (κ1) is 8.90. The summed E-state index contributed by atoms with van der Waals surface area (Å²) in [5, 5.41) is 0. The van der Waals surface area contributed by atoms with Gasteiger partial charge in [-0.25, -0.2) is 9.82 Å². The van der Waals surface area contributed by atoms with Crippen LogP contribution in [-0.4, -0.2) is 0 Å². The zero-order valence-corrected chi connectivity index (χ0v) is 6.63. The molecule has 12 heavy (non-hydrogen) atoms. The van der Waals surface area contributed by atoms with Gasteiger partial charge in [-0.15, -0.1) is 6.58 Å². The molecular formula is C9H11FN2. The zero-order chi connectivity index (χ0) is 8.97. The lowest BCUT2D eigenvalue weighted by molar-refractivity contribution is 0.568. The van der Waals surface area contributed by atoms with Crippen LogP contribution in [0.2, 0.25) is 0 Å². The van der Waals surface area contributed by atoms with Crippen molar-refractivity contribution in [2.45, 2.75) is 6.04 Å². The Morgan fingerprint density at radius 1 is 1.50 bits per heavy atom. The Bertz CT molecular complexity index is 273. The lowest BCUT2D eigenvalue weighted by Gasteiger charge is -2.11. The number of hydrazine groups is 1. The first-order valence-electron chi connectivity index (χ1n) is 3.62. The Balaban J connectivity index is 3.00. The van der Waals surface area contributed by atoms with Crippen LogP contribution in [0.15, 0.2) is 36.9 Å². The highest BCUT2D eigenvalue weighted by Crippen LogP contribution is 2.15. The number of hydrogen-bond acceptors (Lipinski definition) is 2. The van der Waals surface area contributed by atoms with E-state index in [1.54, 1.807) is 24.3 Å². The largest absolute Gasteiger partial charge is 0.271 e. The highest BCUT2D eigenvalue weighted by Gasteiger charge is 2.08. The quantitative estimate of drug-likeness (QED) is 0.406. The van der Waals surface area contributed by atoms with Crippen LogP contribution >= 0.6 is 0 Å². The molecule has 0 aliphatic heterocycles. The second kappa shape index (κ2) is 3.99. The maximum atomic E-state index is 13.1. The van der Waals surface area contributed by atoms with Crippen LogP contribution in [0.5, 0.6) is 0 Å². The minimum Gasteiger partial charge on any atom is -0.271 e. The number of nitrogens with one attached hydrogen (secondary N) is 1. The number of nitrogens with two attached hydrogens (primary N) is 1. The van der Waals surface area contributed by atoms with E-state index < -0.39 is 0 Å². The highest BCUT2D eigenvalue weighted by molar-refractivity contribution is 5.23. The molecule has 0 saturated carbocycles. The van der Waals surface area contributed by atoms with Crippen LogP contribution in [0.1, 0.15) is 11.6 Å². The van der Waals surface area contributed by atoms with Crippen molar-refractivity contribution in [3.8, 4) is 0 Å². The van der Waals surface area contributed by atoms with E-state index in [0.29, 0.717) is 5.56 Å². The van der Waals surface area contributed by atoms with Gasteiger partial charge in [0.05, 0.1) is 6.04 Å². The van der Waals surface area contributed by atoms with Crippen molar-refractivity contribution < 1.29 is 4.39 Å². The molecule has 64 valence electrons. The van der Waals surface area contributed by atoms with E-state index in [2.05, 4.69) is 12.0 Å². The fourth-order valence-corrected chi connectivity index (χ4v) is 1.01. The molecule has 0 spiro atoms. The van der Waals surface area contributed by atoms with E-state index >= 15 is 0 Å². The first-order valence-corrected chi connectivity index (χ1v) is 3.62. The SMILES string of the molecule is C=CC(NN)c1ccccc1F. The molecule has 2 nitrogen and oxygen atoms in total. The summed E-state index contributed by atoms with van der Waals surface area (Å²) >= 11 is 0. The van der Waals surface area contributed by atoms with E-state index in [1.165, 1.54) is 6.07 Å². The van der Waals surface area contributed by atoms with Crippen LogP contribution in [0.4, 0.5) is 4.39 Å². The summed E-state index contributed by atoms with van der Waals surface area (Å²) in [6.07, 6.45) is 1.55. The molecule has 0 radical (unpaired) electrons. The Morgan fingerprint density at radius 2 is 2.17 bits per heavy atom. The molecule has 0 aromatic heterocycles. The van der Waals surface area contributed by atoms with Gasteiger partial charge < -0.3 is 0 Å². The van der Waals surface area contributed by atoms with Gasteiger partial charge in [0.1, 0.15) is 5.82 Å². The molecule has 1 aromatic rings. The molecule has 1 aromatic carbocycles. The fourth-order valence-electron chi connectivity index (χ4n) is 1.01. The topological polar surface area (TPSA) is 38.0 Å². The minimum absolute atomic E-state index is 0.277. The summed E-state index contributed by atoms with van der Waals surface area (Å²) in [6.45, 7) is 3.54. The number of hydrogen-bond donors (Lipinski definition) is 2. The van der Waals surface area contributed by atoms with Gasteiger partial charge in [0.15, 0.2) is 0 Å². The molecule has 0 heterocycles. The van der Waals surface area contributed by atoms with Crippen molar-refractivity contribution in [3.05, 3.63) is 48.3 Å². The normalized spacial score (nSPS) is 12.5. The second-order valence-electron chi connectivity index (χ2n) is 2.40. The van der Waals surface area contributed by atoms with Gasteiger partial charge in [0, 0.05) is 5.56 Å². The maximum Gasteiger partial charge on any atom is 0.128 e. The van der Waals surface area contributed by atoms with E-state index in [4.69, 9.17) is 5.84 Å². The predicted molar refractivity (Wildman–Crippen MR) is 46.7 cm³/mol. The maximum absolute atomic E-state index is 13.1. The molecule has 3 heteroatoms. The Morgan fingerprint density at radius 3 is 2.67 bits per heavy atom. The third-order valence-electron chi connectivity index (χ3n) is 1.66. The summed E-state index contributed by atoms with van der Waals surface area (Å²) in [5.74, 6) is 4.92. The zero-order valence-electron chi connectivity index (χ0n) is 6.63. The van der Waals surface area contributed by atoms with Crippen molar-refractivity contribution in [2.75, 3.05) is 0 Å². The van der Waals surface area contributed by atoms with Gasteiger partial charge >= 0.3 is 0 Å². The Kier molecular flexibility index (Phi) is 2.96. The van der Waals surface area contributed by atoms with E-state index in [9.17, 15) is 4.39 Å². The monoisotopic (exact) mass is 166 g/mol. The number of halogens is 1. The van der Waals surface area contributed by atoms with E-state index in [-0.39, 0.29) is 11.9 Å². The predicted octanol–water partition coefficient (Wildman–Crippen LogP) is 1.52. The lowest BCUT2D eigenvalue weighted by Crippen LogP contribution is -2.26. The average Bonchev–Trinajstić information content (AvgIpc) is 2.10. The smallest absolute Gasteiger partial charge is 0.128 e. The van der Waals surface area contributed by atoms with Gasteiger partial charge in [-0.3, -0.25) is 5.84 Å². The summed E-state index contributed by atoms with van der Waals surface area (Å²) in [4.78, 5) is 0. The summed E-state index contributed by atoms with van der Waals surface area (Å²) < 4.78 is 13.1. The van der Waals surface area contributed by atoms with Crippen molar-refractivity contribution in [1.82, 2.24) is 5.43 Å². The number of benzene rings is 1. The van der Waals surface area contributed by atoms with Crippen LogP contribution in [-0.2, 0) is 0 Å². The molecule has 0 fully saturated rings. The van der Waals surface area contributed by atoms with Gasteiger partial charge in [-0.1, -0.05) is 24.3 Å². The van der Waals surface area contributed by atoms with Crippen molar-refractivity contribution >= 4 is 0 Å². The summed E-state index contributed by atoms with van der Waals surface area (Å²) in [6, 6.07) is 6.12. The van der Waals surface area contributed by atoms with Crippen LogP contribution in [0.25, 0.3) is 0 Å². The van der Waals surface area contributed by atoms with Crippen LogP contribution in [0.3, 0.4) is 0 Å². The van der Waals surface area contributed by atoms with Gasteiger partial charge in [-0.2, -0.15) is 0 Å². The van der Waals surface area contributed by atoms with Crippen LogP contribution < -0.4 is 11.3 Å². The summed E-state index contributed by atoms with van der Waals surface area (Å²) in [5.41, 5.74) is 2.96. The van der Waals surface area contributed by atoms with E-state index in [0.717, 1.165) is 0 Å². The summed E-state index contributed by atoms with van der Waals surface area (Å²) in [7, 11) is 0. The molecule has 0 amide bonds. The third-order valence-corrected chi connectivity index (χ3v) is 1.66. The Hall–Kier alpha value is -1.19. The average molecular weight is 166 g/mol. The van der Waals surface area contributed by atoms with Crippen molar-refractivity contribution in [2.24, 2.45) is 5.84 Å². The molecule has 1 rings (SSSR count). The van der Waals surface area contributed by atoms with Gasteiger partial charge in [0.25, 0.3) is 0 Å². The molecular weight excluding hydrogens is 155 g/mol. The van der Waals surface area contributed by atoms with Gasteiger partial charge in [0.2, 0.25) is 0 Å². The lowest BCUT2D eigenvalue weighted by atomic mass is 10.1. The van der Waals surface area contributed by atoms with Crippen molar-refractivity contribution in [1.29, 1.82) is 0 Å². The van der Waals surface area contributed by atoms with Crippen molar-refractivity contribution in [3.63, 3.8) is 0 Å². The number of rotatable bonds is 3. The Labute approximate surface area is 70.9 Å². The molecule has 0 bridgehead atoms. The fraction of sp³-hybridized carbons (Fsp3) is 0.111. The molecule has 0 aliphatic rings. The third kappa shape index (κ3) is 1.69. The van der Waals surface area contributed by atoms with E-state index in [1.807, 2.05) is 0 Å². The molecule has 0 saturated heterocycles. The first-order chi connectivity index (χ1) is 5.79. The minimum atomic E-state index is -0.328. The highest BCUT2D eigenvalue weighted by atomic mass is 19.1. The second-order valence-corrected chi connectivity index (χ2v) is 2.40. The molecule has 0 aliphatic carbocycles. The standard InChI is InChI=1S/C9H11FN2/c1-2-9(12-11)7-5-3-4-6-8(7)10/h2-6,9,12H,1,11H2. The molecule has 3 N–H and O–H groups in total. The molecule has 1 unspecified atom stereocenters.